The van der Waals surface area contributed by atoms with Gasteiger partial charge in [-0.1, -0.05) is 79.5 Å². The molecule has 0 heterocycles. The molecule has 0 N–H and O–H groups in total. The Bertz CT molecular complexity index is 159. The first-order chi connectivity index (χ1) is 7.41. The molecule has 0 nitrogen and oxygen atoms in total. The lowest BCUT2D eigenvalue weighted by molar-refractivity contribution is 0.681. The first kappa shape index (κ1) is 15.2. The first-order valence-electron chi connectivity index (χ1n) is 6.29. The van der Waals surface area contributed by atoms with E-state index in [0.717, 1.165) is 0 Å². The fourth-order valence-electron chi connectivity index (χ4n) is 1.38. The van der Waals surface area contributed by atoms with Gasteiger partial charge in [-0.25, -0.2) is 0 Å². The third-order valence-electron chi connectivity index (χ3n) is 2.36. The molecular formula is C14H25I. The molecule has 0 spiro atoms. The molecule has 15 heavy (non-hydrogen) atoms. The Morgan fingerprint density at radius 2 is 1.40 bits per heavy atom. The van der Waals surface area contributed by atoms with E-state index in [9.17, 15) is 0 Å². The predicted molar refractivity (Wildman–Crippen MR) is 79.8 cm³/mol. The summed E-state index contributed by atoms with van der Waals surface area (Å²) in [5.74, 6) is 0. The van der Waals surface area contributed by atoms with Crippen molar-refractivity contribution in [2.24, 2.45) is 0 Å². The lowest BCUT2D eigenvalue weighted by Gasteiger charge is -1.94. The van der Waals surface area contributed by atoms with Gasteiger partial charge < -0.3 is 0 Å². The highest BCUT2D eigenvalue weighted by molar-refractivity contribution is 14.1. The van der Waals surface area contributed by atoms with Crippen LogP contribution >= 0.6 is 22.6 Å². The molecule has 0 atom stereocenters. The van der Waals surface area contributed by atoms with Crippen molar-refractivity contribution in [3.05, 3.63) is 24.3 Å². The number of hydrogen-bond donors (Lipinski definition) is 0. The van der Waals surface area contributed by atoms with Crippen LogP contribution in [0.5, 0.6) is 0 Å². The van der Waals surface area contributed by atoms with Crippen molar-refractivity contribution < 1.29 is 0 Å². The average molecular weight is 320 g/mol. The van der Waals surface area contributed by atoms with E-state index in [1.54, 1.807) is 0 Å². The molecule has 0 aliphatic rings. The van der Waals surface area contributed by atoms with Gasteiger partial charge in [-0.3, -0.25) is 0 Å². The van der Waals surface area contributed by atoms with E-state index in [0.29, 0.717) is 0 Å². The van der Waals surface area contributed by atoms with Crippen LogP contribution < -0.4 is 0 Å². The molecule has 0 saturated carbocycles. The van der Waals surface area contributed by atoms with Gasteiger partial charge in [0.25, 0.3) is 0 Å². The van der Waals surface area contributed by atoms with Crippen molar-refractivity contribution in [1.29, 1.82) is 0 Å². The second-order valence-corrected chi connectivity index (χ2v) is 4.97. The normalized spacial score (nSPS) is 11.9. The number of halogens is 1. The van der Waals surface area contributed by atoms with Gasteiger partial charge in [0.1, 0.15) is 0 Å². The maximum Gasteiger partial charge on any atom is -0.000473 e. The third-order valence-corrected chi connectivity index (χ3v) is 3.12. The van der Waals surface area contributed by atoms with E-state index in [-0.39, 0.29) is 0 Å². The maximum atomic E-state index is 2.45. The Hall–Kier alpha value is 0.210. The minimum atomic E-state index is 1.23. The Kier molecular flexibility index (Phi) is 14.4. The Morgan fingerprint density at radius 1 is 0.800 bits per heavy atom. The van der Waals surface area contributed by atoms with E-state index >= 15 is 0 Å². The minimum Gasteiger partial charge on any atom is -0.0864 e. The molecule has 0 amide bonds. The zero-order valence-electron chi connectivity index (χ0n) is 10.1. The van der Waals surface area contributed by atoms with Gasteiger partial charge in [-0.2, -0.15) is 0 Å². The molecule has 0 aromatic carbocycles. The lowest BCUT2D eigenvalue weighted by atomic mass is 10.1. The number of rotatable bonds is 10. The van der Waals surface area contributed by atoms with Crippen molar-refractivity contribution >= 4 is 22.6 Å². The fourth-order valence-corrected chi connectivity index (χ4v) is 1.92. The van der Waals surface area contributed by atoms with Crippen molar-refractivity contribution in [1.82, 2.24) is 0 Å². The zero-order valence-corrected chi connectivity index (χ0v) is 12.2. The van der Waals surface area contributed by atoms with Crippen LogP contribution in [0.3, 0.4) is 0 Å². The maximum absolute atomic E-state index is 2.45. The van der Waals surface area contributed by atoms with Crippen molar-refractivity contribution in [3.8, 4) is 0 Å². The predicted octanol–water partition coefficient (Wildman–Crippen LogP) is 5.67. The Labute approximate surface area is 109 Å². The van der Waals surface area contributed by atoms with E-state index in [4.69, 9.17) is 0 Å². The van der Waals surface area contributed by atoms with E-state index in [2.05, 4.69) is 53.8 Å². The molecule has 0 rings (SSSR count). The van der Waals surface area contributed by atoms with Crippen LogP contribution in [0.4, 0.5) is 0 Å². The molecule has 0 aromatic rings. The number of alkyl halides is 1. The molecule has 1 heteroatoms. The second-order valence-electron chi connectivity index (χ2n) is 3.89. The molecule has 0 fully saturated rings. The van der Waals surface area contributed by atoms with Crippen LogP contribution in [0.1, 0.15) is 58.3 Å². The van der Waals surface area contributed by atoms with Gasteiger partial charge in [0, 0.05) is 0 Å². The molecule has 0 radical (unpaired) electrons. The highest BCUT2D eigenvalue weighted by atomic mass is 127. The third kappa shape index (κ3) is 14.2. The highest BCUT2D eigenvalue weighted by Gasteiger charge is 1.86. The van der Waals surface area contributed by atoms with Crippen molar-refractivity contribution in [2.75, 3.05) is 4.43 Å². The van der Waals surface area contributed by atoms with Crippen LogP contribution in [0.25, 0.3) is 0 Å². The fraction of sp³-hybridized carbons (Fsp3) is 0.714. The highest BCUT2D eigenvalue weighted by Crippen LogP contribution is 2.05. The Balaban J connectivity index is 3.13. The standard InChI is InChI=1S/C14H25I/c1-2-3-4-5-6-7-8-9-10-11-12-13-14-15/h5-8H,2-4,9-14H2,1H3/b6-5-,8-7+. The van der Waals surface area contributed by atoms with Gasteiger partial charge in [0.15, 0.2) is 0 Å². The molecule has 0 bridgehead atoms. The van der Waals surface area contributed by atoms with Crippen LogP contribution in [0.2, 0.25) is 0 Å². The van der Waals surface area contributed by atoms with Crippen LogP contribution in [0, 0.1) is 0 Å². The molecule has 88 valence electrons. The van der Waals surface area contributed by atoms with Gasteiger partial charge in [0.2, 0.25) is 0 Å². The Morgan fingerprint density at radius 3 is 2.00 bits per heavy atom. The van der Waals surface area contributed by atoms with Gasteiger partial charge in [-0.05, 0) is 30.1 Å². The molecule has 0 aromatic heterocycles. The van der Waals surface area contributed by atoms with E-state index < -0.39 is 0 Å². The summed E-state index contributed by atoms with van der Waals surface area (Å²) in [5.41, 5.74) is 0. The van der Waals surface area contributed by atoms with Crippen molar-refractivity contribution in [3.63, 3.8) is 0 Å². The summed E-state index contributed by atoms with van der Waals surface area (Å²) < 4.78 is 1.31. The summed E-state index contributed by atoms with van der Waals surface area (Å²) in [4.78, 5) is 0. The van der Waals surface area contributed by atoms with Crippen LogP contribution in [0.15, 0.2) is 24.3 Å². The zero-order chi connectivity index (χ0) is 11.2. The first-order valence-corrected chi connectivity index (χ1v) is 7.82. The summed E-state index contributed by atoms with van der Waals surface area (Å²) in [6, 6.07) is 0. The summed E-state index contributed by atoms with van der Waals surface area (Å²) >= 11 is 2.45. The number of unbranched alkanes of at least 4 members (excludes halogenated alkanes) is 6. The topological polar surface area (TPSA) is 0 Å². The summed E-state index contributed by atoms with van der Waals surface area (Å²) in [7, 11) is 0. The monoisotopic (exact) mass is 320 g/mol. The SMILES string of the molecule is CCCC/C=C\C=C\CCCCCCI. The van der Waals surface area contributed by atoms with Gasteiger partial charge in [-0.15, -0.1) is 0 Å². The number of allylic oxidation sites excluding steroid dienone is 4. The summed E-state index contributed by atoms with van der Waals surface area (Å²) in [5, 5.41) is 0. The van der Waals surface area contributed by atoms with Crippen molar-refractivity contribution in [2.45, 2.75) is 58.3 Å². The van der Waals surface area contributed by atoms with Gasteiger partial charge in [0.05, 0.1) is 0 Å². The number of hydrogen-bond acceptors (Lipinski definition) is 0. The largest absolute Gasteiger partial charge is 0.0864 e. The van der Waals surface area contributed by atoms with E-state index in [1.165, 1.54) is 55.8 Å². The minimum absolute atomic E-state index is 1.23. The molecule has 0 aliphatic carbocycles. The van der Waals surface area contributed by atoms with Crippen LogP contribution in [-0.4, -0.2) is 4.43 Å². The smallest absolute Gasteiger partial charge is 0.000473 e. The molecule has 0 unspecified atom stereocenters. The van der Waals surface area contributed by atoms with E-state index in [1.807, 2.05) is 0 Å². The van der Waals surface area contributed by atoms with Crippen LogP contribution in [-0.2, 0) is 0 Å². The second kappa shape index (κ2) is 14.2. The molecular weight excluding hydrogens is 295 g/mol. The molecule has 0 aliphatic heterocycles. The quantitative estimate of drug-likeness (QED) is 0.210. The molecule has 0 saturated heterocycles. The summed E-state index contributed by atoms with van der Waals surface area (Å²) in [6.45, 7) is 2.24. The summed E-state index contributed by atoms with van der Waals surface area (Å²) in [6.07, 6.45) is 19.6. The van der Waals surface area contributed by atoms with Gasteiger partial charge >= 0.3 is 0 Å². The lowest BCUT2D eigenvalue weighted by Crippen LogP contribution is -1.77. The average Bonchev–Trinajstić information content (AvgIpc) is 2.26.